The molecule has 2 bridgehead atoms. The number of rotatable bonds is 2. The van der Waals surface area contributed by atoms with Crippen LogP contribution in [0.5, 0.6) is 0 Å². The topological polar surface area (TPSA) is 29.1 Å². The molecule has 0 aromatic heterocycles. The van der Waals surface area contributed by atoms with E-state index in [9.17, 15) is 9.18 Å². The van der Waals surface area contributed by atoms with Crippen LogP contribution in [0.1, 0.15) is 56.0 Å². The third-order valence-corrected chi connectivity index (χ3v) is 6.52. The minimum absolute atomic E-state index is 0.0762. The summed E-state index contributed by atoms with van der Waals surface area (Å²) in [6.07, 6.45) is 3.51. The average Bonchev–Trinajstić information content (AvgIpc) is 2.75. The molecular weight excluding hydrogens is 265 g/mol. The Morgan fingerprint density at radius 3 is 2.57 bits per heavy atom. The van der Waals surface area contributed by atoms with Crippen LogP contribution in [0.25, 0.3) is 0 Å². The highest BCUT2D eigenvalue weighted by Gasteiger charge is 2.61. The van der Waals surface area contributed by atoms with Crippen LogP contribution in [-0.2, 0) is 0 Å². The lowest BCUT2D eigenvalue weighted by Crippen LogP contribution is -2.46. The Kier molecular flexibility index (Phi) is 3.16. The number of aryl methyl sites for hydroxylation is 1. The number of fused-ring (bicyclic) bond motifs is 2. The highest BCUT2D eigenvalue weighted by molar-refractivity contribution is 5.94. The van der Waals surface area contributed by atoms with E-state index in [1.807, 2.05) is 0 Å². The van der Waals surface area contributed by atoms with Gasteiger partial charge in [-0.3, -0.25) is 4.79 Å². The fourth-order valence-electron chi connectivity index (χ4n) is 4.45. The third kappa shape index (κ3) is 2.01. The van der Waals surface area contributed by atoms with Gasteiger partial charge in [-0.1, -0.05) is 20.8 Å². The van der Waals surface area contributed by atoms with E-state index >= 15 is 0 Å². The van der Waals surface area contributed by atoms with Gasteiger partial charge in [0.1, 0.15) is 5.82 Å². The van der Waals surface area contributed by atoms with Crippen molar-refractivity contribution in [1.29, 1.82) is 0 Å². The van der Waals surface area contributed by atoms with Gasteiger partial charge in [-0.2, -0.15) is 0 Å². The lowest BCUT2D eigenvalue weighted by molar-refractivity contribution is 0.0826. The fourth-order valence-corrected chi connectivity index (χ4v) is 4.45. The molecule has 1 aromatic carbocycles. The van der Waals surface area contributed by atoms with Crippen LogP contribution in [-0.4, -0.2) is 11.9 Å². The summed E-state index contributed by atoms with van der Waals surface area (Å²) in [4.78, 5) is 12.5. The first-order valence-electron chi connectivity index (χ1n) is 7.83. The summed E-state index contributed by atoms with van der Waals surface area (Å²) >= 11 is 0. The summed E-state index contributed by atoms with van der Waals surface area (Å²) in [5, 5.41) is 3.21. The molecule has 0 heterocycles. The van der Waals surface area contributed by atoms with Crippen LogP contribution >= 0.6 is 0 Å². The Morgan fingerprint density at radius 2 is 2.05 bits per heavy atom. The summed E-state index contributed by atoms with van der Waals surface area (Å²) in [5.41, 5.74) is 1.52. The number of hydrogen-bond donors (Lipinski definition) is 1. The molecule has 1 N–H and O–H groups in total. The SMILES string of the molecule is Cc1cc(C(=O)NC2CC3CCC2(C)C3(C)C)ccc1F. The van der Waals surface area contributed by atoms with Crippen molar-refractivity contribution in [3.63, 3.8) is 0 Å². The second kappa shape index (κ2) is 4.56. The van der Waals surface area contributed by atoms with E-state index in [1.165, 1.54) is 18.9 Å². The number of benzene rings is 1. The molecule has 21 heavy (non-hydrogen) atoms. The summed E-state index contributed by atoms with van der Waals surface area (Å²) < 4.78 is 13.3. The first kappa shape index (κ1) is 14.6. The molecule has 0 radical (unpaired) electrons. The van der Waals surface area contributed by atoms with Crippen molar-refractivity contribution in [3.8, 4) is 0 Å². The molecular formula is C18H24FNO. The van der Waals surface area contributed by atoms with E-state index in [2.05, 4.69) is 26.1 Å². The zero-order valence-electron chi connectivity index (χ0n) is 13.3. The first-order chi connectivity index (χ1) is 9.75. The molecule has 3 unspecified atom stereocenters. The molecule has 2 aliphatic rings. The van der Waals surface area contributed by atoms with E-state index in [1.54, 1.807) is 19.1 Å². The number of amides is 1. The maximum Gasteiger partial charge on any atom is 0.251 e. The largest absolute Gasteiger partial charge is 0.349 e. The first-order valence-corrected chi connectivity index (χ1v) is 7.83. The van der Waals surface area contributed by atoms with Gasteiger partial charge in [0.15, 0.2) is 0 Å². The molecule has 0 saturated heterocycles. The van der Waals surface area contributed by atoms with Gasteiger partial charge in [-0.15, -0.1) is 0 Å². The van der Waals surface area contributed by atoms with Crippen LogP contribution in [0, 0.1) is 29.5 Å². The Balaban J connectivity index is 1.79. The second-order valence-corrected chi connectivity index (χ2v) is 7.60. The lowest BCUT2D eigenvalue weighted by Gasteiger charge is -2.39. The van der Waals surface area contributed by atoms with Crippen LogP contribution < -0.4 is 5.32 Å². The van der Waals surface area contributed by atoms with Gasteiger partial charge < -0.3 is 5.32 Å². The zero-order valence-corrected chi connectivity index (χ0v) is 13.3. The van der Waals surface area contributed by atoms with Crippen molar-refractivity contribution >= 4 is 5.91 Å². The fraction of sp³-hybridized carbons (Fsp3) is 0.611. The molecule has 3 heteroatoms. The molecule has 1 amide bonds. The Morgan fingerprint density at radius 1 is 1.33 bits per heavy atom. The summed E-state index contributed by atoms with van der Waals surface area (Å²) in [5.74, 6) is 0.356. The van der Waals surface area contributed by atoms with Crippen molar-refractivity contribution in [1.82, 2.24) is 5.32 Å². The van der Waals surface area contributed by atoms with Gasteiger partial charge >= 0.3 is 0 Å². The van der Waals surface area contributed by atoms with E-state index < -0.39 is 0 Å². The van der Waals surface area contributed by atoms with Crippen molar-refractivity contribution in [2.45, 2.75) is 53.0 Å². The maximum absolute atomic E-state index is 13.3. The second-order valence-electron chi connectivity index (χ2n) is 7.60. The molecule has 2 nitrogen and oxygen atoms in total. The molecule has 3 atom stereocenters. The van der Waals surface area contributed by atoms with Crippen molar-refractivity contribution in [2.24, 2.45) is 16.7 Å². The summed E-state index contributed by atoms with van der Waals surface area (Å²) in [6.45, 7) is 8.66. The maximum atomic E-state index is 13.3. The molecule has 0 aliphatic heterocycles. The highest BCUT2D eigenvalue weighted by atomic mass is 19.1. The molecule has 2 fully saturated rings. The minimum atomic E-state index is -0.264. The quantitative estimate of drug-likeness (QED) is 0.873. The van der Waals surface area contributed by atoms with E-state index in [0.717, 1.165) is 6.42 Å². The lowest BCUT2D eigenvalue weighted by atomic mass is 9.69. The zero-order chi connectivity index (χ0) is 15.4. The third-order valence-electron chi connectivity index (χ3n) is 6.52. The van der Waals surface area contributed by atoms with Crippen molar-refractivity contribution < 1.29 is 9.18 Å². The van der Waals surface area contributed by atoms with Gasteiger partial charge in [0, 0.05) is 11.6 Å². The van der Waals surface area contributed by atoms with Crippen LogP contribution in [0.15, 0.2) is 18.2 Å². The predicted octanol–water partition coefficient (Wildman–Crippen LogP) is 4.08. The number of carbonyl (C=O) groups excluding carboxylic acids is 1. The molecule has 0 spiro atoms. The van der Waals surface area contributed by atoms with Gasteiger partial charge in [0.05, 0.1) is 0 Å². The number of carbonyl (C=O) groups is 1. The van der Waals surface area contributed by atoms with Crippen LogP contribution in [0.2, 0.25) is 0 Å². The molecule has 2 aliphatic carbocycles. The number of hydrogen-bond acceptors (Lipinski definition) is 1. The standard InChI is InChI=1S/C18H24FNO/c1-11-9-12(5-6-14(11)19)16(21)20-15-10-13-7-8-18(15,4)17(13,2)3/h5-6,9,13,15H,7-8,10H2,1-4H3,(H,20,21). The number of halogens is 1. The van der Waals surface area contributed by atoms with Gasteiger partial charge in [0.2, 0.25) is 0 Å². The Labute approximate surface area is 126 Å². The smallest absolute Gasteiger partial charge is 0.251 e. The predicted molar refractivity (Wildman–Crippen MR) is 81.6 cm³/mol. The van der Waals surface area contributed by atoms with Gasteiger partial charge in [-0.25, -0.2) is 4.39 Å². The van der Waals surface area contributed by atoms with E-state index in [0.29, 0.717) is 17.0 Å². The van der Waals surface area contributed by atoms with E-state index in [-0.39, 0.29) is 28.6 Å². The van der Waals surface area contributed by atoms with Crippen LogP contribution in [0.3, 0.4) is 0 Å². The monoisotopic (exact) mass is 289 g/mol. The highest BCUT2D eigenvalue weighted by Crippen LogP contribution is 2.65. The number of nitrogens with one attached hydrogen (secondary N) is 1. The molecule has 1 aromatic rings. The van der Waals surface area contributed by atoms with Gasteiger partial charge in [0.25, 0.3) is 5.91 Å². The van der Waals surface area contributed by atoms with Crippen LogP contribution in [0.4, 0.5) is 4.39 Å². The molecule has 3 rings (SSSR count). The Hall–Kier alpha value is -1.38. The molecule has 114 valence electrons. The molecule has 2 saturated carbocycles. The van der Waals surface area contributed by atoms with E-state index in [4.69, 9.17) is 0 Å². The minimum Gasteiger partial charge on any atom is -0.349 e. The van der Waals surface area contributed by atoms with Gasteiger partial charge in [-0.05, 0) is 66.7 Å². The normalized spacial score (nSPS) is 33.2. The summed E-state index contributed by atoms with van der Waals surface area (Å²) in [6, 6.07) is 4.80. The summed E-state index contributed by atoms with van der Waals surface area (Å²) in [7, 11) is 0. The average molecular weight is 289 g/mol. The van der Waals surface area contributed by atoms with Crippen molar-refractivity contribution in [2.75, 3.05) is 0 Å². The van der Waals surface area contributed by atoms with Crippen molar-refractivity contribution in [3.05, 3.63) is 35.1 Å². The Bertz CT molecular complexity index is 595.